The number of aromatic nitrogens is 1. The Morgan fingerprint density at radius 2 is 1.93 bits per heavy atom. The van der Waals surface area contributed by atoms with Gasteiger partial charge >= 0.3 is 0 Å². The van der Waals surface area contributed by atoms with E-state index in [2.05, 4.69) is 52.0 Å². The summed E-state index contributed by atoms with van der Waals surface area (Å²) < 4.78 is 0. The maximum atomic E-state index is 11.8. The van der Waals surface area contributed by atoms with Crippen LogP contribution < -0.4 is 10.6 Å². The van der Waals surface area contributed by atoms with Gasteiger partial charge in [0.25, 0.3) is 0 Å². The molecule has 0 saturated carbocycles. The van der Waals surface area contributed by atoms with Crippen LogP contribution in [0.25, 0.3) is 0 Å². The van der Waals surface area contributed by atoms with Crippen LogP contribution in [-0.2, 0) is 17.8 Å². The summed E-state index contributed by atoms with van der Waals surface area (Å²) in [5.74, 6) is 1.02. The van der Waals surface area contributed by atoms with Crippen LogP contribution in [-0.4, -0.2) is 48.9 Å². The highest BCUT2D eigenvalue weighted by Gasteiger charge is 2.08. The van der Waals surface area contributed by atoms with Crippen LogP contribution in [0.5, 0.6) is 0 Å². The minimum absolute atomic E-state index is 0. The first-order chi connectivity index (χ1) is 13.0. The van der Waals surface area contributed by atoms with Crippen LogP contribution in [0.2, 0.25) is 0 Å². The molecule has 2 N–H and O–H groups in total. The van der Waals surface area contributed by atoms with Crippen LogP contribution in [0.4, 0.5) is 0 Å². The largest absolute Gasteiger partial charge is 0.356 e. The van der Waals surface area contributed by atoms with Crippen molar-refractivity contribution in [1.29, 1.82) is 0 Å². The van der Waals surface area contributed by atoms with Crippen molar-refractivity contribution in [3.05, 3.63) is 52.0 Å². The van der Waals surface area contributed by atoms with E-state index in [4.69, 9.17) is 0 Å². The Bertz CT molecular complexity index is 746. The maximum Gasteiger partial charge on any atom is 0.243 e. The molecule has 0 bridgehead atoms. The average Bonchev–Trinajstić information content (AvgIpc) is 3.13. The molecule has 0 fully saturated rings. The van der Waals surface area contributed by atoms with Gasteiger partial charge < -0.3 is 15.5 Å². The van der Waals surface area contributed by atoms with Crippen LogP contribution in [0.1, 0.15) is 36.0 Å². The number of carbonyl (C=O) groups is 1. The molecule has 0 atom stereocenters. The third-order valence-electron chi connectivity index (χ3n) is 3.99. The van der Waals surface area contributed by atoms with E-state index in [0.29, 0.717) is 18.4 Å². The molecular formula is C20H30IN5OS. The van der Waals surface area contributed by atoms with Gasteiger partial charge in [0.2, 0.25) is 5.91 Å². The molecule has 8 heteroatoms. The third kappa shape index (κ3) is 8.55. The highest BCUT2D eigenvalue weighted by molar-refractivity contribution is 14.0. The number of hydrogen-bond donors (Lipinski definition) is 2. The first-order valence-corrected chi connectivity index (χ1v) is 10.0. The monoisotopic (exact) mass is 515 g/mol. The van der Waals surface area contributed by atoms with Gasteiger partial charge in [0, 0.05) is 26.0 Å². The molecule has 2 aromatic rings. The molecule has 1 aromatic carbocycles. The van der Waals surface area contributed by atoms with Crippen molar-refractivity contribution in [2.45, 2.75) is 32.7 Å². The molecular weight excluding hydrogens is 485 g/mol. The molecule has 0 saturated heterocycles. The van der Waals surface area contributed by atoms with Crippen molar-refractivity contribution in [2.75, 3.05) is 27.2 Å². The fraction of sp³-hybridized carbons (Fsp3) is 0.450. The average molecular weight is 515 g/mol. The van der Waals surface area contributed by atoms with Gasteiger partial charge in [-0.2, -0.15) is 0 Å². The standard InChI is InChI=1S/C20H29N5OS.HI/c1-15(2)17-14-27-18(24-17)12-22-20(23-13-19(26)25(3)4)21-11-10-16-8-6-5-7-9-16;/h5-9,14-15H,10-13H2,1-4H3,(H2,21,22,23);1H. The Kier molecular flexibility index (Phi) is 11.1. The lowest BCUT2D eigenvalue weighted by Crippen LogP contribution is -2.39. The van der Waals surface area contributed by atoms with Gasteiger partial charge in [-0.25, -0.2) is 9.98 Å². The highest BCUT2D eigenvalue weighted by atomic mass is 127. The number of benzene rings is 1. The van der Waals surface area contributed by atoms with Crippen molar-refractivity contribution >= 4 is 47.2 Å². The minimum Gasteiger partial charge on any atom is -0.356 e. The number of nitrogens with zero attached hydrogens (tertiary/aromatic N) is 3. The molecule has 1 amide bonds. The second-order valence-electron chi connectivity index (χ2n) is 6.79. The highest BCUT2D eigenvalue weighted by Crippen LogP contribution is 2.17. The van der Waals surface area contributed by atoms with Crippen molar-refractivity contribution in [3.63, 3.8) is 0 Å². The predicted octanol–water partition coefficient (Wildman–Crippen LogP) is 3.25. The quantitative estimate of drug-likeness (QED) is 0.322. The summed E-state index contributed by atoms with van der Waals surface area (Å²) >= 11 is 1.64. The van der Waals surface area contributed by atoms with Crippen molar-refractivity contribution in [3.8, 4) is 0 Å². The Labute approximate surface area is 188 Å². The van der Waals surface area contributed by atoms with E-state index >= 15 is 0 Å². The maximum absolute atomic E-state index is 11.8. The number of aliphatic imine (C=N–C) groups is 1. The molecule has 1 heterocycles. The molecule has 0 unspecified atom stereocenters. The first kappa shape index (κ1) is 24.4. The van der Waals surface area contributed by atoms with Gasteiger partial charge in [-0.3, -0.25) is 4.79 Å². The number of likely N-dealkylation sites (N-methyl/N-ethyl adjacent to an activating group) is 1. The predicted molar refractivity (Wildman–Crippen MR) is 128 cm³/mol. The Balaban J connectivity index is 0.00000392. The van der Waals surface area contributed by atoms with Crippen LogP contribution in [0.15, 0.2) is 40.7 Å². The summed E-state index contributed by atoms with van der Waals surface area (Å²) in [7, 11) is 3.47. The fourth-order valence-corrected chi connectivity index (χ4v) is 3.16. The van der Waals surface area contributed by atoms with E-state index in [1.807, 2.05) is 18.2 Å². The SMILES string of the molecule is CC(C)c1csc(CNC(=NCC(=O)N(C)C)NCCc2ccccc2)n1.I. The Morgan fingerprint density at radius 1 is 1.21 bits per heavy atom. The number of rotatable bonds is 8. The van der Waals surface area contributed by atoms with Crippen molar-refractivity contribution < 1.29 is 4.79 Å². The van der Waals surface area contributed by atoms with Crippen LogP contribution in [0, 0.1) is 0 Å². The topological polar surface area (TPSA) is 69.6 Å². The van der Waals surface area contributed by atoms with Crippen molar-refractivity contribution in [1.82, 2.24) is 20.5 Å². The summed E-state index contributed by atoms with van der Waals surface area (Å²) in [6.07, 6.45) is 0.887. The number of amides is 1. The fourth-order valence-electron chi connectivity index (χ4n) is 2.26. The zero-order chi connectivity index (χ0) is 19.6. The van der Waals surface area contributed by atoms with E-state index in [1.165, 1.54) is 5.56 Å². The zero-order valence-corrected chi connectivity index (χ0v) is 20.1. The minimum atomic E-state index is -0.0319. The van der Waals surface area contributed by atoms with Gasteiger partial charge in [-0.1, -0.05) is 44.2 Å². The zero-order valence-electron chi connectivity index (χ0n) is 16.9. The molecule has 0 radical (unpaired) electrons. The second kappa shape index (κ2) is 12.7. The van der Waals surface area contributed by atoms with Gasteiger partial charge in [0.05, 0.1) is 12.2 Å². The van der Waals surface area contributed by atoms with E-state index in [1.54, 1.807) is 30.3 Å². The Hall–Kier alpha value is -1.68. The number of guanidine groups is 1. The number of carbonyl (C=O) groups excluding carboxylic acids is 1. The molecule has 28 heavy (non-hydrogen) atoms. The molecule has 0 aliphatic carbocycles. The van der Waals surface area contributed by atoms with E-state index < -0.39 is 0 Å². The molecule has 0 aliphatic heterocycles. The molecule has 0 spiro atoms. The summed E-state index contributed by atoms with van der Waals surface area (Å²) in [5, 5.41) is 9.70. The molecule has 2 rings (SSSR count). The number of nitrogens with one attached hydrogen (secondary N) is 2. The number of thiazole rings is 1. The number of hydrogen-bond acceptors (Lipinski definition) is 4. The number of halogens is 1. The van der Waals surface area contributed by atoms with Gasteiger partial charge in [-0.05, 0) is 17.9 Å². The molecule has 6 nitrogen and oxygen atoms in total. The van der Waals surface area contributed by atoms with E-state index in [-0.39, 0.29) is 36.4 Å². The van der Waals surface area contributed by atoms with Gasteiger partial charge in [0.1, 0.15) is 11.6 Å². The van der Waals surface area contributed by atoms with Crippen molar-refractivity contribution in [2.24, 2.45) is 4.99 Å². The summed E-state index contributed by atoms with van der Waals surface area (Å²) in [4.78, 5) is 22.4. The van der Waals surface area contributed by atoms with Crippen LogP contribution in [0.3, 0.4) is 0 Å². The summed E-state index contributed by atoms with van der Waals surface area (Å²) in [5.41, 5.74) is 2.37. The normalized spacial score (nSPS) is 11.1. The van der Waals surface area contributed by atoms with Gasteiger partial charge in [0.15, 0.2) is 5.96 Å². The Morgan fingerprint density at radius 3 is 2.54 bits per heavy atom. The lowest BCUT2D eigenvalue weighted by molar-refractivity contribution is -0.127. The van der Waals surface area contributed by atoms with E-state index in [9.17, 15) is 4.79 Å². The van der Waals surface area contributed by atoms with E-state index in [0.717, 1.165) is 23.7 Å². The van der Waals surface area contributed by atoms with Gasteiger partial charge in [-0.15, -0.1) is 35.3 Å². The summed E-state index contributed by atoms with van der Waals surface area (Å²) in [6, 6.07) is 10.3. The molecule has 0 aliphatic rings. The van der Waals surface area contributed by atoms with Crippen LogP contribution >= 0.6 is 35.3 Å². The molecule has 1 aromatic heterocycles. The first-order valence-electron chi connectivity index (χ1n) is 9.16. The second-order valence-corrected chi connectivity index (χ2v) is 7.73. The lowest BCUT2D eigenvalue weighted by atomic mass is 10.1. The molecule has 154 valence electrons. The smallest absolute Gasteiger partial charge is 0.243 e. The lowest BCUT2D eigenvalue weighted by Gasteiger charge is -2.13. The third-order valence-corrected chi connectivity index (χ3v) is 4.86. The summed E-state index contributed by atoms with van der Waals surface area (Å²) in [6.45, 7) is 5.71.